The summed E-state index contributed by atoms with van der Waals surface area (Å²) in [5.74, 6) is 0.252. The molecule has 0 spiro atoms. The van der Waals surface area contributed by atoms with Crippen molar-refractivity contribution in [2.75, 3.05) is 33.9 Å². The topological polar surface area (TPSA) is 135 Å². The summed E-state index contributed by atoms with van der Waals surface area (Å²) in [4.78, 5) is 65.9. The molecule has 0 aliphatic rings. The minimum absolute atomic E-state index is 0.00153. The average Bonchev–Trinajstić information content (AvgIpc) is 3.06. The van der Waals surface area contributed by atoms with Crippen LogP contribution in [0.1, 0.15) is 86.5 Å². The number of hydrogen-bond donors (Lipinski definition) is 0. The Hall–Kier alpha value is -4.74. The zero-order valence-electron chi connectivity index (χ0n) is 32.0. The zero-order valence-corrected chi connectivity index (χ0v) is 32.0. The monoisotopic (exact) mass is 703 g/mol. The number of methoxy groups -OCH3 is 2. The summed E-state index contributed by atoms with van der Waals surface area (Å²) >= 11 is 0. The highest BCUT2D eigenvalue weighted by molar-refractivity contribution is 5.82. The van der Waals surface area contributed by atoms with Gasteiger partial charge in [0.05, 0.1) is 42.9 Å². The molecule has 51 heavy (non-hydrogen) atoms. The molecule has 0 bridgehead atoms. The Morgan fingerprint density at radius 1 is 0.745 bits per heavy atom. The lowest BCUT2D eigenvalue weighted by atomic mass is 9.92. The molecule has 0 aliphatic heterocycles. The van der Waals surface area contributed by atoms with Crippen molar-refractivity contribution in [2.24, 2.45) is 5.41 Å². The van der Waals surface area contributed by atoms with E-state index in [-0.39, 0.29) is 43.3 Å². The number of carbonyl (C=O) groups is 2. The number of fused-ring (bicyclic) bond motifs is 2. The number of aromatic nitrogens is 4. The number of unbranched alkanes of at least 4 members (excludes halogenated alkanes) is 1. The molecule has 2 aromatic heterocycles. The highest BCUT2D eigenvalue weighted by atomic mass is 16.5. The van der Waals surface area contributed by atoms with Crippen molar-refractivity contribution in [1.82, 2.24) is 24.0 Å². The molecule has 12 nitrogen and oxygen atoms in total. The number of rotatable bonds is 13. The first kappa shape index (κ1) is 39.1. The van der Waals surface area contributed by atoms with Gasteiger partial charge in [-0.1, -0.05) is 68.7 Å². The Balaban J connectivity index is 1.58. The van der Waals surface area contributed by atoms with E-state index in [0.717, 1.165) is 12.8 Å². The lowest BCUT2D eigenvalue weighted by Crippen LogP contribution is -2.45. The maximum Gasteiger partial charge on any atom is 0.326 e. The van der Waals surface area contributed by atoms with E-state index in [1.165, 1.54) is 16.2 Å². The van der Waals surface area contributed by atoms with Gasteiger partial charge in [0.25, 0.3) is 11.1 Å². The van der Waals surface area contributed by atoms with Crippen LogP contribution in [0, 0.1) is 5.41 Å². The fourth-order valence-corrected chi connectivity index (χ4v) is 5.87. The predicted molar refractivity (Wildman–Crippen MR) is 199 cm³/mol. The van der Waals surface area contributed by atoms with Gasteiger partial charge in [0.2, 0.25) is 5.91 Å². The Morgan fingerprint density at radius 3 is 1.65 bits per heavy atom. The molecule has 0 aliphatic carbocycles. The fourth-order valence-electron chi connectivity index (χ4n) is 5.87. The second kappa shape index (κ2) is 15.2. The van der Waals surface area contributed by atoms with Crippen LogP contribution in [0.3, 0.4) is 0 Å². The van der Waals surface area contributed by atoms with E-state index in [9.17, 15) is 19.2 Å². The molecular formula is C39H53N5O7. The molecule has 0 saturated heterocycles. The van der Waals surface area contributed by atoms with Crippen molar-refractivity contribution in [3.05, 3.63) is 68.5 Å². The van der Waals surface area contributed by atoms with E-state index in [1.54, 1.807) is 48.4 Å². The van der Waals surface area contributed by atoms with Crippen LogP contribution in [0.2, 0.25) is 0 Å². The van der Waals surface area contributed by atoms with Gasteiger partial charge in [-0.05, 0) is 30.7 Å². The highest BCUT2D eigenvalue weighted by Crippen LogP contribution is 2.26. The van der Waals surface area contributed by atoms with Crippen LogP contribution in [0.25, 0.3) is 22.1 Å². The Bertz CT molecular complexity index is 2030. The second-order valence-electron chi connectivity index (χ2n) is 15.9. The number of nitrogens with zero attached hydrogens (tertiary/aromatic N) is 5. The van der Waals surface area contributed by atoms with E-state index in [1.807, 2.05) is 62.3 Å². The molecule has 276 valence electrons. The Labute approximate surface area is 299 Å². The van der Waals surface area contributed by atoms with Crippen LogP contribution in [0.4, 0.5) is 0 Å². The third kappa shape index (κ3) is 9.14. The van der Waals surface area contributed by atoms with Crippen LogP contribution in [-0.2, 0) is 38.2 Å². The molecule has 4 rings (SSSR count). The van der Waals surface area contributed by atoms with Gasteiger partial charge in [-0.3, -0.25) is 28.3 Å². The predicted octanol–water partition coefficient (Wildman–Crippen LogP) is 5.62. The second-order valence-corrected chi connectivity index (χ2v) is 15.9. The van der Waals surface area contributed by atoms with Crippen LogP contribution >= 0.6 is 0 Å². The van der Waals surface area contributed by atoms with Crippen molar-refractivity contribution in [2.45, 2.75) is 99.1 Å². The van der Waals surface area contributed by atoms with Gasteiger partial charge in [-0.25, -0.2) is 9.97 Å². The minimum atomic E-state index is -0.658. The van der Waals surface area contributed by atoms with Crippen LogP contribution in [0.15, 0.2) is 46.0 Å². The lowest BCUT2D eigenvalue weighted by Gasteiger charge is -2.33. The van der Waals surface area contributed by atoms with Gasteiger partial charge in [0.1, 0.15) is 36.0 Å². The van der Waals surface area contributed by atoms with Crippen LogP contribution in [0.5, 0.6) is 11.5 Å². The van der Waals surface area contributed by atoms with E-state index in [2.05, 4.69) is 9.97 Å². The maximum atomic E-state index is 14.1. The summed E-state index contributed by atoms with van der Waals surface area (Å²) in [6, 6.07) is 10.5. The first-order valence-electron chi connectivity index (χ1n) is 17.4. The van der Waals surface area contributed by atoms with Gasteiger partial charge >= 0.3 is 5.97 Å². The quantitative estimate of drug-likeness (QED) is 0.163. The van der Waals surface area contributed by atoms with Gasteiger partial charge in [-0.15, -0.1) is 0 Å². The van der Waals surface area contributed by atoms with Crippen molar-refractivity contribution in [3.63, 3.8) is 0 Å². The fraction of sp³-hybridized carbons (Fsp3) is 0.538. The number of benzene rings is 2. The van der Waals surface area contributed by atoms with E-state index in [4.69, 9.17) is 14.2 Å². The number of hydrogen-bond acceptors (Lipinski definition) is 9. The van der Waals surface area contributed by atoms with Gasteiger partial charge < -0.3 is 19.1 Å². The molecule has 0 fully saturated rings. The van der Waals surface area contributed by atoms with E-state index in [0.29, 0.717) is 51.5 Å². The zero-order chi connectivity index (χ0) is 37.9. The minimum Gasteiger partial charge on any atom is -0.497 e. The smallest absolute Gasteiger partial charge is 0.326 e. The SMILES string of the molecule is CCCCN(CC(C)(C)COC(=O)Cn1c(=O)c(C(C)(C)C)nc2ccc(OC)cc21)C(=O)Cn1c(=O)c(C(C)(C)C)nc2ccc(OC)cc21. The molecule has 12 heteroatoms. The molecule has 2 heterocycles. The summed E-state index contributed by atoms with van der Waals surface area (Å²) in [7, 11) is 3.08. The largest absolute Gasteiger partial charge is 0.497 e. The van der Waals surface area contributed by atoms with Crippen molar-refractivity contribution in [1.29, 1.82) is 0 Å². The molecule has 4 aromatic rings. The number of esters is 1. The van der Waals surface area contributed by atoms with Crippen LogP contribution < -0.4 is 20.6 Å². The summed E-state index contributed by atoms with van der Waals surface area (Å²) in [6.45, 7) is 17.6. The third-order valence-electron chi connectivity index (χ3n) is 8.69. The number of amides is 1. The van der Waals surface area contributed by atoms with Gasteiger partial charge in [-0.2, -0.15) is 0 Å². The molecule has 0 radical (unpaired) electrons. The number of carbonyl (C=O) groups excluding carboxylic acids is 2. The summed E-state index contributed by atoms with van der Waals surface area (Å²) < 4.78 is 19.5. The molecule has 1 amide bonds. The first-order valence-corrected chi connectivity index (χ1v) is 17.4. The first-order chi connectivity index (χ1) is 23.8. The average molecular weight is 704 g/mol. The third-order valence-corrected chi connectivity index (χ3v) is 8.69. The van der Waals surface area contributed by atoms with Crippen molar-refractivity contribution >= 4 is 33.9 Å². The summed E-state index contributed by atoms with van der Waals surface area (Å²) in [5.41, 5.74) is 0.382. The van der Waals surface area contributed by atoms with Gasteiger partial charge in [0.15, 0.2) is 0 Å². The summed E-state index contributed by atoms with van der Waals surface area (Å²) in [6.07, 6.45) is 1.62. The number of ether oxygens (including phenoxy) is 3. The normalized spacial score (nSPS) is 12.3. The molecule has 0 N–H and O–H groups in total. The Kier molecular flexibility index (Phi) is 11.7. The molecular weight excluding hydrogens is 650 g/mol. The standard InChI is InChI=1S/C39H53N5O7/c1-12-13-18-42(31(45)21-43-29-19-25(49-10)14-16-27(29)40-33(35(43)47)37(2,3)4)23-39(8,9)24-51-32(46)22-44-30-20-26(50-11)15-17-28(30)41-34(36(44)48)38(5,6)7/h14-17,19-20H,12-13,18,21-24H2,1-11H3. The van der Waals surface area contributed by atoms with Crippen molar-refractivity contribution in [3.8, 4) is 11.5 Å². The lowest BCUT2D eigenvalue weighted by molar-refractivity contribution is -0.148. The highest BCUT2D eigenvalue weighted by Gasteiger charge is 2.30. The van der Waals surface area contributed by atoms with Gasteiger partial charge in [0, 0.05) is 41.5 Å². The molecule has 0 saturated carbocycles. The molecule has 0 atom stereocenters. The maximum absolute atomic E-state index is 14.1. The van der Waals surface area contributed by atoms with Crippen LogP contribution in [-0.4, -0.2) is 69.8 Å². The molecule has 2 aromatic carbocycles. The van der Waals surface area contributed by atoms with Crippen molar-refractivity contribution < 1.29 is 23.8 Å². The van der Waals surface area contributed by atoms with E-state index < -0.39 is 22.2 Å². The Morgan fingerprint density at radius 2 is 1.22 bits per heavy atom. The summed E-state index contributed by atoms with van der Waals surface area (Å²) in [5, 5.41) is 0. The van der Waals surface area contributed by atoms with E-state index >= 15 is 0 Å². The molecule has 0 unspecified atom stereocenters.